The van der Waals surface area contributed by atoms with E-state index in [9.17, 15) is 14.0 Å². The van der Waals surface area contributed by atoms with Crippen molar-refractivity contribution in [2.75, 3.05) is 6.61 Å². The van der Waals surface area contributed by atoms with Crippen LogP contribution in [0.1, 0.15) is 33.7 Å². The molecule has 26 heavy (non-hydrogen) atoms. The van der Waals surface area contributed by atoms with E-state index in [-0.39, 0.29) is 35.5 Å². The summed E-state index contributed by atoms with van der Waals surface area (Å²) in [6.45, 7) is 1.89. The van der Waals surface area contributed by atoms with Crippen LogP contribution in [0.3, 0.4) is 0 Å². The normalized spacial score (nSPS) is 10.7. The van der Waals surface area contributed by atoms with Crippen molar-refractivity contribution >= 4 is 29.1 Å². The van der Waals surface area contributed by atoms with Crippen LogP contribution in [0.15, 0.2) is 30.5 Å². The molecule has 8 nitrogen and oxygen atoms in total. The smallest absolute Gasteiger partial charge is 0.376 e. The molecule has 0 bridgehead atoms. The number of nitrogens with one attached hydrogen (secondary N) is 1. The van der Waals surface area contributed by atoms with Gasteiger partial charge in [0.2, 0.25) is 11.6 Å². The van der Waals surface area contributed by atoms with Gasteiger partial charge in [-0.25, -0.2) is 14.2 Å². The molecule has 3 rings (SSSR count). The topological polar surface area (TPSA) is 98.5 Å². The van der Waals surface area contributed by atoms with Gasteiger partial charge >= 0.3 is 5.97 Å². The number of hydrogen-bond acceptors (Lipinski definition) is 6. The van der Waals surface area contributed by atoms with Gasteiger partial charge < -0.3 is 10.1 Å². The van der Waals surface area contributed by atoms with Crippen LogP contribution in [0.25, 0.3) is 5.65 Å². The number of amides is 1. The van der Waals surface area contributed by atoms with Gasteiger partial charge in [-0.15, -0.1) is 0 Å². The second-order valence-electron chi connectivity index (χ2n) is 5.12. The summed E-state index contributed by atoms with van der Waals surface area (Å²) in [5.41, 5.74) is 0.874. The Kier molecular flexibility index (Phi) is 5.08. The Morgan fingerprint density at radius 3 is 2.85 bits per heavy atom. The van der Waals surface area contributed by atoms with Crippen molar-refractivity contribution in [3.63, 3.8) is 0 Å². The Bertz CT molecular complexity index is 991. The summed E-state index contributed by atoms with van der Waals surface area (Å²) < 4.78 is 19.3. The molecule has 2 heterocycles. The third kappa shape index (κ3) is 3.62. The van der Waals surface area contributed by atoms with Gasteiger partial charge in [0, 0.05) is 12.6 Å². The predicted octanol–water partition coefficient (Wildman–Crippen LogP) is 2.02. The second-order valence-corrected chi connectivity index (χ2v) is 5.53. The number of nitrogens with zero attached hydrogens (tertiary/aromatic N) is 4. The molecule has 1 N–H and O–H groups in total. The van der Waals surface area contributed by atoms with Gasteiger partial charge in [0.25, 0.3) is 5.91 Å². The number of carbonyl (C=O) groups is 2. The average Bonchev–Trinajstić information content (AvgIpc) is 3.10. The summed E-state index contributed by atoms with van der Waals surface area (Å²) in [5.74, 6) is -2.25. The maximum absolute atomic E-state index is 13.2. The molecule has 0 saturated heterocycles. The Morgan fingerprint density at radius 2 is 2.12 bits per heavy atom. The summed E-state index contributed by atoms with van der Waals surface area (Å²) >= 11 is 5.72. The molecule has 0 fully saturated rings. The molecule has 0 unspecified atom stereocenters. The lowest BCUT2D eigenvalue weighted by Crippen LogP contribution is -2.28. The largest absolute Gasteiger partial charge is 0.460 e. The summed E-state index contributed by atoms with van der Waals surface area (Å²) in [6.07, 6.45) is 1.43. The molecular weight excluding hydrogens is 365 g/mol. The van der Waals surface area contributed by atoms with Crippen molar-refractivity contribution in [2.45, 2.75) is 13.5 Å². The number of rotatable bonds is 5. The highest BCUT2D eigenvalue weighted by molar-refractivity contribution is 6.30. The van der Waals surface area contributed by atoms with Crippen molar-refractivity contribution in [3.8, 4) is 0 Å². The van der Waals surface area contributed by atoms with E-state index in [0.717, 1.165) is 0 Å². The van der Waals surface area contributed by atoms with E-state index < -0.39 is 17.7 Å². The van der Waals surface area contributed by atoms with Crippen LogP contribution in [-0.2, 0) is 11.3 Å². The van der Waals surface area contributed by atoms with Crippen LogP contribution in [0, 0.1) is 5.82 Å². The first-order valence-electron chi connectivity index (χ1n) is 7.60. The van der Waals surface area contributed by atoms with Crippen molar-refractivity contribution in [3.05, 3.63) is 58.5 Å². The van der Waals surface area contributed by atoms with Crippen LogP contribution >= 0.6 is 11.6 Å². The lowest BCUT2D eigenvalue weighted by atomic mass is 10.2. The van der Waals surface area contributed by atoms with Crippen LogP contribution in [0.5, 0.6) is 0 Å². The van der Waals surface area contributed by atoms with Gasteiger partial charge in [-0.2, -0.15) is 14.6 Å². The molecule has 0 saturated carbocycles. The van der Waals surface area contributed by atoms with Crippen molar-refractivity contribution in [1.29, 1.82) is 0 Å². The molecule has 0 spiro atoms. The van der Waals surface area contributed by atoms with Crippen LogP contribution in [-0.4, -0.2) is 38.1 Å². The molecule has 134 valence electrons. The van der Waals surface area contributed by atoms with E-state index in [1.165, 1.54) is 35.0 Å². The summed E-state index contributed by atoms with van der Waals surface area (Å²) in [4.78, 5) is 32.3. The lowest BCUT2D eigenvalue weighted by Gasteiger charge is -2.08. The molecule has 2 aromatic heterocycles. The minimum absolute atomic E-state index is 0.0437. The first kappa shape index (κ1) is 17.7. The van der Waals surface area contributed by atoms with E-state index >= 15 is 0 Å². The van der Waals surface area contributed by atoms with Gasteiger partial charge in [0.1, 0.15) is 5.82 Å². The number of halogens is 2. The first-order chi connectivity index (χ1) is 12.5. The number of aromatic nitrogens is 4. The molecule has 0 atom stereocenters. The molecule has 3 aromatic rings. The fraction of sp³-hybridized carbons (Fsp3) is 0.188. The number of fused-ring (bicyclic) bond motifs is 1. The Morgan fingerprint density at radius 1 is 1.31 bits per heavy atom. The first-order valence-corrected chi connectivity index (χ1v) is 7.98. The zero-order valence-corrected chi connectivity index (χ0v) is 14.3. The van der Waals surface area contributed by atoms with E-state index in [0.29, 0.717) is 5.56 Å². The Hall–Kier alpha value is -3.07. The fourth-order valence-electron chi connectivity index (χ4n) is 2.17. The second kappa shape index (κ2) is 7.44. The van der Waals surface area contributed by atoms with E-state index in [4.69, 9.17) is 16.3 Å². The maximum Gasteiger partial charge on any atom is 0.376 e. The SMILES string of the molecule is CCOC(=O)c1nc(C(=O)NCc2ccc(F)c(Cl)c2)n2nccc2n1. The van der Waals surface area contributed by atoms with Gasteiger partial charge in [0.15, 0.2) is 5.65 Å². The highest BCUT2D eigenvalue weighted by atomic mass is 35.5. The lowest BCUT2D eigenvalue weighted by molar-refractivity contribution is 0.0511. The van der Waals surface area contributed by atoms with E-state index in [1.54, 1.807) is 6.92 Å². The van der Waals surface area contributed by atoms with Crippen LogP contribution in [0.2, 0.25) is 5.02 Å². The fourth-order valence-corrected chi connectivity index (χ4v) is 2.37. The molecular formula is C16H13ClFN5O3. The molecule has 10 heteroatoms. The zero-order valence-electron chi connectivity index (χ0n) is 13.6. The monoisotopic (exact) mass is 377 g/mol. The molecule has 1 amide bonds. The van der Waals surface area contributed by atoms with Crippen LogP contribution < -0.4 is 5.32 Å². The molecule has 0 aliphatic rings. The highest BCUT2D eigenvalue weighted by Crippen LogP contribution is 2.16. The summed E-state index contributed by atoms with van der Waals surface area (Å²) in [6, 6.07) is 5.64. The molecule has 0 aliphatic carbocycles. The van der Waals surface area contributed by atoms with Gasteiger partial charge in [-0.05, 0) is 24.6 Å². The minimum Gasteiger partial charge on any atom is -0.460 e. The number of benzene rings is 1. The predicted molar refractivity (Wildman–Crippen MR) is 89.3 cm³/mol. The van der Waals surface area contributed by atoms with Gasteiger partial charge in [-0.3, -0.25) is 4.79 Å². The maximum atomic E-state index is 13.2. The Balaban J connectivity index is 1.85. The number of esters is 1. The van der Waals surface area contributed by atoms with Crippen molar-refractivity contribution < 1.29 is 18.7 Å². The van der Waals surface area contributed by atoms with Crippen molar-refractivity contribution in [2.24, 2.45) is 0 Å². The minimum atomic E-state index is -0.740. The third-order valence-corrected chi connectivity index (χ3v) is 3.64. The number of carbonyl (C=O) groups excluding carboxylic acids is 2. The third-order valence-electron chi connectivity index (χ3n) is 3.35. The van der Waals surface area contributed by atoms with Crippen LogP contribution in [0.4, 0.5) is 4.39 Å². The number of ether oxygens (including phenoxy) is 1. The van der Waals surface area contributed by atoms with Crippen molar-refractivity contribution in [1.82, 2.24) is 24.9 Å². The molecule has 0 radical (unpaired) electrons. The zero-order chi connectivity index (χ0) is 18.7. The van der Waals surface area contributed by atoms with E-state index in [2.05, 4.69) is 20.4 Å². The highest BCUT2D eigenvalue weighted by Gasteiger charge is 2.20. The summed E-state index contributed by atoms with van der Waals surface area (Å²) in [5, 5.41) is 6.55. The summed E-state index contributed by atoms with van der Waals surface area (Å²) in [7, 11) is 0. The number of hydrogen-bond donors (Lipinski definition) is 1. The quantitative estimate of drug-likeness (QED) is 0.683. The average molecular weight is 378 g/mol. The van der Waals surface area contributed by atoms with Gasteiger partial charge in [0.05, 0.1) is 17.8 Å². The molecule has 1 aromatic carbocycles. The van der Waals surface area contributed by atoms with E-state index in [1.807, 2.05) is 0 Å². The van der Waals surface area contributed by atoms with Gasteiger partial charge in [-0.1, -0.05) is 17.7 Å². The molecule has 0 aliphatic heterocycles. The Labute approximate surface area is 152 Å². The standard InChI is InChI=1S/C16H13ClFN5O3/c1-2-26-16(25)13-21-12-5-6-20-23(12)14(22-13)15(24)19-8-9-3-4-11(18)10(17)7-9/h3-7H,2,8H2,1H3,(H,19,24).